The topological polar surface area (TPSA) is 60.8 Å². The fraction of sp³-hybridized carbons (Fsp3) is 0.909. The second-order valence-electron chi connectivity index (χ2n) is 4.15. The van der Waals surface area contributed by atoms with Crippen molar-refractivity contribution in [3.63, 3.8) is 0 Å². The zero-order chi connectivity index (χ0) is 11.8. The molecular weight excluding hydrogens is 194 g/mol. The highest BCUT2D eigenvalue weighted by atomic mass is 16.4. The molecule has 0 aromatic carbocycles. The van der Waals surface area contributed by atoms with Crippen molar-refractivity contribution in [3.05, 3.63) is 0 Å². The maximum Gasteiger partial charge on any atom is 0.303 e. The second kappa shape index (κ2) is 7.65. The number of nitrogens with zero attached hydrogens (tertiary/aromatic N) is 1. The average Bonchev–Trinajstić information content (AvgIpc) is 2.15. The van der Waals surface area contributed by atoms with E-state index in [-0.39, 0.29) is 12.5 Å². The van der Waals surface area contributed by atoms with Crippen LogP contribution in [0, 0.1) is 0 Å². The van der Waals surface area contributed by atoms with Crippen LogP contribution >= 0.6 is 0 Å². The van der Waals surface area contributed by atoms with E-state index in [2.05, 4.69) is 18.7 Å². The van der Waals surface area contributed by atoms with Gasteiger partial charge in [0.1, 0.15) is 0 Å². The largest absolute Gasteiger partial charge is 0.481 e. The molecule has 0 heterocycles. The third-order valence-electron chi connectivity index (χ3n) is 2.48. The quantitative estimate of drug-likeness (QED) is 0.644. The zero-order valence-corrected chi connectivity index (χ0v) is 9.94. The normalized spacial score (nSPS) is 13.5. The number of aliphatic hydroxyl groups is 1. The van der Waals surface area contributed by atoms with Gasteiger partial charge in [-0.05, 0) is 33.2 Å². The van der Waals surface area contributed by atoms with E-state index in [4.69, 9.17) is 5.11 Å². The summed E-state index contributed by atoms with van der Waals surface area (Å²) in [6.07, 6.45) is 1.27. The summed E-state index contributed by atoms with van der Waals surface area (Å²) in [5.41, 5.74) is 0. The average molecular weight is 217 g/mol. The highest BCUT2D eigenvalue weighted by molar-refractivity contribution is 5.66. The van der Waals surface area contributed by atoms with Gasteiger partial charge in [-0.25, -0.2) is 0 Å². The Hall–Kier alpha value is -0.610. The van der Waals surface area contributed by atoms with Gasteiger partial charge in [-0.2, -0.15) is 0 Å². The van der Waals surface area contributed by atoms with E-state index >= 15 is 0 Å². The van der Waals surface area contributed by atoms with Crippen molar-refractivity contribution >= 4 is 5.97 Å². The Morgan fingerprint density at radius 2 is 2.00 bits per heavy atom. The predicted molar refractivity (Wildman–Crippen MR) is 59.9 cm³/mol. The van der Waals surface area contributed by atoms with E-state index in [1.807, 2.05) is 6.92 Å². The van der Waals surface area contributed by atoms with Crippen LogP contribution in [0.4, 0.5) is 0 Å². The molecule has 90 valence electrons. The highest BCUT2D eigenvalue weighted by Crippen LogP contribution is 2.04. The van der Waals surface area contributed by atoms with Crippen molar-refractivity contribution < 1.29 is 15.0 Å². The Bertz CT molecular complexity index is 183. The van der Waals surface area contributed by atoms with Gasteiger partial charge in [0.2, 0.25) is 0 Å². The second-order valence-corrected chi connectivity index (χ2v) is 4.15. The number of hydrogen-bond donors (Lipinski definition) is 2. The van der Waals surface area contributed by atoms with Crippen LogP contribution in [0.25, 0.3) is 0 Å². The fourth-order valence-corrected chi connectivity index (χ4v) is 1.39. The Kier molecular flexibility index (Phi) is 7.34. The first-order chi connectivity index (χ1) is 6.97. The van der Waals surface area contributed by atoms with Crippen LogP contribution in [0.1, 0.15) is 40.0 Å². The van der Waals surface area contributed by atoms with Crippen LogP contribution in [0.5, 0.6) is 0 Å². The van der Waals surface area contributed by atoms with E-state index in [0.717, 1.165) is 13.0 Å². The Balaban J connectivity index is 3.88. The minimum Gasteiger partial charge on any atom is -0.481 e. The SMILES string of the molecule is CCC(O)CN(CCCC(=O)O)C(C)C. The summed E-state index contributed by atoms with van der Waals surface area (Å²) in [7, 11) is 0. The first kappa shape index (κ1) is 14.4. The van der Waals surface area contributed by atoms with Crippen LogP contribution in [-0.2, 0) is 4.79 Å². The number of aliphatic carboxylic acids is 1. The molecule has 4 heteroatoms. The maximum absolute atomic E-state index is 10.4. The first-order valence-corrected chi connectivity index (χ1v) is 5.61. The van der Waals surface area contributed by atoms with E-state index in [1.165, 1.54) is 0 Å². The highest BCUT2D eigenvalue weighted by Gasteiger charge is 2.13. The van der Waals surface area contributed by atoms with Gasteiger partial charge in [0.05, 0.1) is 6.10 Å². The summed E-state index contributed by atoms with van der Waals surface area (Å²) < 4.78 is 0. The third-order valence-corrected chi connectivity index (χ3v) is 2.48. The fourth-order valence-electron chi connectivity index (χ4n) is 1.39. The molecule has 0 aromatic rings. The third kappa shape index (κ3) is 7.33. The molecule has 0 spiro atoms. The Labute approximate surface area is 91.9 Å². The molecule has 1 unspecified atom stereocenters. The van der Waals surface area contributed by atoms with Crippen molar-refractivity contribution in [2.45, 2.75) is 52.2 Å². The number of aliphatic hydroxyl groups excluding tert-OH is 1. The van der Waals surface area contributed by atoms with Crippen molar-refractivity contribution in [1.82, 2.24) is 4.90 Å². The zero-order valence-electron chi connectivity index (χ0n) is 9.94. The standard InChI is InChI=1S/C11H23NO3/c1-4-10(13)8-12(9(2)3)7-5-6-11(14)15/h9-10,13H,4-8H2,1-3H3,(H,14,15). The number of hydrogen-bond acceptors (Lipinski definition) is 3. The number of rotatable bonds is 8. The maximum atomic E-state index is 10.4. The number of carboxylic acids is 1. The lowest BCUT2D eigenvalue weighted by atomic mass is 10.2. The monoisotopic (exact) mass is 217 g/mol. The molecule has 0 rings (SSSR count). The van der Waals surface area contributed by atoms with Crippen molar-refractivity contribution in [1.29, 1.82) is 0 Å². The first-order valence-electron chi connectivity index (χ1n) is 5.61. The molecule has 0 aromatic heterocycles. The molecule has 0 aliphatic heterocycles. The molecule has 0 saturated heterocycles. The smallest absolute Gasteiger partial charge is 0.303 e. The van der Waals surface area contributed by atoms with Gasteiger partial charge in [0.15, 0.2) is 0 Å². The van der Waals surface area contributed by atoms with E-state index in [1.54, 1.807) is 0 Å². The molecule has 1 atom stereocenters. The van der Waals surface area contributed by atoms with Crippen LogP contribution in [0.15, 0.2) is 0 Å². The molecule has 0 radical (unpaired) electrons. The van der Waals surface area contributed by atoms with Gasteiger partial charge in [-0.15, -0.1) is 0 Å². The molecule has 0 fully saturated rings. The summed E-state index contributed by atoms with van der Waals surface area (Å²) in [5.74, 6) is -0.755. The molecule has 0 aliphatic rings. The summed E-state index contributed by atoms with van der Waals surface area (Å²) >= 11 is 0. The Morgan fingerprint density at radius 3 is 2.40 bits per heavy atom. The van der Waals surface area contributed by atoms with Crippen molar-refractivity contribution in [3.8, 4) is 0 Å². The van der Waals surface area contributed by atoms with Gasteiger partial charge in [-0.3, -0.25) is 9.69 Å². The van der Waals surface area contributed by atoms with Crippen LogP contribution in [-0.4, -0.2) is 46.3 Å². The molecule has 0 amide bonds. The summed E-state index contributed by atoms with van der Waals surface area (Å²) in [6, 6.07) is 0.347. The van der Waals surface area contributed by atoms with Crippen molar-refractivity contribution in [2.24, 2.45) is 0 Å². The summed E-state index contributed by atoms with van der Waals surface area (Å²) in [5, 5.41) is 18.1. The molecular formula is C11H23NO3. The molecule has 15 heavy (non-hydrogen) atoms. The molecule has 2 N–H and O–H groups in total. The van der Waals surface area contributed by atoms with Crippen LogP contribution in [0.2, 0.25) is 0 Å². The predicted octanol–water partition coefficient (Wildman–Crippen LogP) is 1.33. The summed E-state index contributed by atoms with van der Waals surface area (Å²) in [4.78, 5) is 12.5. The Morgan fingerprint density at radius 1 is 1.40 bits per heavy atom. The van der Waals surface area contributed by atoms with Crippen LogP contribution in [0.3, 0.4) is 0 Å². The van der Waals surface area contributed by atoms with Crippen LogP contribution < -0.4 is 0 Å². The van der Waals surface area contributed by atoms with Crippen molar-refractivity contribution in [2.75, 3.05) is 13.1 Å². The molecule has 0 aliphatic carbocycles. The minimum absolute atomic E-state index is 0.200. The lowest BCUT2D eigenvalue weighted by molar-refractivity contribution is -0.137. The van der Waals surface area contributed by atoms with Gasteiger partial charge < -0.3 is 10.2 Å². The number of carbonyl (C=O) groups is 1. The molecule has 4 nitrogen and oxygen atoms in total. The molecule has 0 bridgehead atoms. The number of carboxylic acid groups (broad SMARTS) is 1. The lowest BCUT2D eigenvalue weighted by Crippen LogP contribution is -2.38. The van der Waals surface area contributed by atoms with E-state index in [9.17, 15) is 9.90 Å². The summed E-state index contributed by atoms with van der Waals surface area (Å²) in [6.45, 7) is 7.43. The minimum atomic E-state index is -0.755. The van der Waals surface area contributed by atoms with Gasteiger partial charge in [0.25, 0.3) is 0 Å². The van der Waals surface area contributed by atoms with Gasteiger partial charge in [0, 0.05) is 19.0 Å². The van der Waals surface area contributed by atoms with E-state index in [0.29, 0.717) is 19.0 Å². The van der Waals surface area contributed by atoms with Gasteiger partial charge in [-0.1, -0.05) is 6.92 Å². The molecule has 0 saturated carbocycles. The lowest BCUT2D eigenvalue weighted by Gasteiger charge is -2.28. The van der Waals surface area contributed by atoms with Gasteiger partial charge >= 0.3 is 5.97 Å². The van der Waals surface area contributed by atoms with E-state index < -0.39 is 5.97 Å².